The topological polar surface area (TPSA) is 75.1 Å². The van der Waals surface area contributed by atoms with Crippen LogP contribution >= 0.6 is 11.6 Å². The molecule has 2 aliphatic heterocycles. The van der Waals surface area contributed by atoms with E-state index in [-0.39, 0.29) is 5.41 Å². The Kier molecular flexibility index (Phi) is 9.55. The number of anilines is 1. The molecular weight excluding hydrogens is 586 g/mol. The largest absolute Gasteiger partial charge is 0.495 e. The van der Waals surface area contributed by atoms with E-state index in [1.165, 1.54) is 16.7 Å². The van der Waals surface area contributed by atoms with Gasteiger partial charge in [0.15, 0.2) is 6.10 Å². The average molecular weight is 634 g/mol. The minimum atomic E-state index is -1.13. The predicted octanol–water partition coefficient (Wildman–Crippen LogP) is 8.15. The van der Waals surface area contributed by atoms with E-state index in [2.05, 4.69) is 47.9 Å². The number of aromatic nitrogens is 1. The fourth-order valence-corrected chi connectivity index (χ4v) is 6.91. The number of fused-ring (bicyclic) bond motifs is 1. The molecule has 3 heterocycles. The number of rotatable bonds is 8. The lowest BCUT2D eigenvalue weighted by molar-refractivity contribution is -0.160. The van der Waals surface area contributed by atoms with Gasteiger partial charge in [0.05, 0.1) is 23.4 Å². The zero-order valence-corrected chi connectivity index (χ0v) is 28.8. The summed E-state index contributed by atoms with van der Waals surface area (Å²) in [6, 6.07) is 12.7. The number of methoxy groups -OCH3 is 1. The smallest absolute Gasteiger partial charge is 0.337 e. The normalized spacial score (nSPS) is 17.6. The van der Waals surface area contributed by atoms with Crippen molar-refractivity contribution in [3.63, 3.8) is 0 Å². The van der Waals surface area contributed by atoms with Gasteiger partial charge in [-0.25, -0.2) is 4.79 Å². The molecule has 45 heavy (non-hydrogen) atoms. The van der Waals surface area contributed by atoms with E-state index in [9.17, 15) is 9.90 Å². The Balaban J connectivity index is 1.54. The van der Waals surface area contributed by atoms with Crippen LogP contribution in [0, 0.1) is 19.3 Å². The first-order chi connectivity index (χ1) is 21.2. The number of ether oxygens (including phenoxy) is 2. The maximum Gasteiger partial charge on any atom is 0.337 e. The lowest BCUT2D eigenvalue weighted by Gasteiger charge is -2.41. The average Bonchev–Trinajstić information content (AvgIpc) is 2.96. The van der Waals surface area contributed by atoms with Crippen LogP contribution in [0.25, 0.3) is 11.1 Å². The van der Waals surface area contributed by atoms with Crippen LogP contribution < -0.4 is 9.64 Å². The Labute approximate surface area is 273 Å². The highest BCUT2D eigenvalue weighted by Gasteiger charge is 2.36. The summed E-state index contributed by atoms with van der Waals surface area (Å²) in [6.45, 7) is 18.6. The molecule has 0 spiro atoms. The molecule has 8 heteroatoms. The summed E-state index contributed by atoms with van der Waals surface area (Å²) in [6.07, 6.45) is 1.87. The molecule has 1 fully saturated rings. The first-order valence-electron chi connectivity index (χ1n) is 16.0. The molecule has 5 rings (SSSR count). The summed E-state index contributed by atoms with van der Waals surface area (Å²) in [4.78, 5) is 22.6. The van der Waals surface area contributed by atoms with Crippen LogP contribution in [0.1, 0.15) is 87.2 Å². The Bertz CT molecular complexity index is 1570. The van der Waals surface area contributed by atoms with Gasteiger partial charge in [0, 0.05) is 55.2 Å². The van der Waals surface area contributed by atoms with E-state index in [1.807, 2.05) is 46.8 Å². The van der Waals surface area contributed by atoms with Gasteiger partial charge in [-0.2, -0.15) is 0 Å². The number of hydrogen-bond donors (Lipinski definition) is 1. The number of aryl methyl sites for hydroxylation is 2. The number of carbonyl (C=O) groups is 1. The molecule has 0 aliphatic carbocycles. The lowest BCUT2D eigenvalue weighted by Crippen LogP contribution is -2.39. The summed E-state index contributed by atoms with van der Waals surface area (Å²) in [7, 11) is 1.64. The van der Waals surface area contributed by atoms with Gasteiger partial charge in [0.25, 0.3) is 0 Å². The van der Waals surface area contributed by atoms with Gasteiger partial charge in [-0.05, 0) is 93.7 Å². The van der Waals surface area contributed by atoms with Crippen LogP contribution in [-0.4, -0.2) is 53.3 Å². The molecule has 2 aliphatic rings. The molecular formula is C37H48ClN3O4. The van der Waals surface area contributed by atoms with Gasteiger partial charge in [-0.1, -0.05) is 49.7 Å². The first kappa shape index (κ1) is 33.2. The van der Waals surface area contributed by atoms with Crippen molar-refractivity contribution in [2.75, 3.05) is 31.6 Å². The zero-order chi connectivity index (χ0) is 32.7. The summed E-state index contributed by atoms with van der Waals surface area (Å²) in [5.41, 5.74) is 8.74. The van der Waals surface area contributed by atoms with Gasteiger partial charge in [-0.3, -0.25) is 9.88 Å². The third-order valence-electron chi connectivity index (χ3n) is 9.18. The maximum absolute atomic E-state index is 12.8. The van der Waals surface area contributed by atoms with E-state index in [0.29, 0.717) is 22.0 Å². The number of pyridine rings is 1. The van der Waals surface area contributed by atoms with Gasteiger partial charge in [0.2, 0.25) is 0 Å². The summed E-state index contributed by atoms with van der Waals surface area (Å²) >= 11 is 6.25. The van der Waals surface area contributed by atoms with Crippen LogP contribution in [-0.2, 0) is 29.0 Å². The van der Waals surface area contributed by atoms with Crippen LogP contribution in [0.3, 0.4) is 0 Å². The zero-order valence-electron chi connectivity index (χ0n) is 28.1. The lowest BCUT2D eigenvalue weighted by atomic mass is 9.81. The molecule has 0 saturated carbocycles. The van der Waals surface area contributed by atoms with Crippen molar-refractivity contribution in [1.29, 1.82) is 0 Å². The summed E-state index contributed by atoms with van der Waals surface area (Å²) in [5.74, 6) is -0.296. The van der Waals surface area contributed by atoms with Crippen molar-refractivity contribution in [2.24, 2.45) is 5.41 Å². The van der Waals surface area contributed by atoms with Crippen molar-refractivity contribution in [3.8, 4) is 16.9 Å². The molecule has 0 radical (unpaired) electrons. The molecule has 3 aromatic rings. The quantitative estimate of drug-likeness (QED) is 0.268. The number of hydrogen-bond acceptors (Lipinski definition) is 6. The molecule has 242 valence electrons. The van der Waals surface area contributed by atoms with Gasteiger partial charge < -0.3 is 19.5 Å². The number of benzene rings is 2. The Morgan fingerprint density at radius 1 is 1.04 bits per heavy atom. The van der Waals surface area contributed by atoms with Crippen molar-refractivity contribution in [3.05, 3.63) is 75.1 Å². The molecule has 1 unspecified atom stereocenters. The number of halogens is 1. The molecule has 1 N–H and O–H groups in total. The van der Waals surface area contributed by atoms with Crippen LogP contribution in [0.4, 0.5) is 5.69 Å². The van der Waals surface area contributed by atoms with Crippen molar-refractivity contribution < 1.29 is 19.4 Å². The van der Waals surface area contributed by atoms with E-state index in [0.717, 1.165) is 74.5 Å². The van der Waals surface area contributed by atoms with Crippen LogP contribution in [0.5, 0.6) is 5.75 Å². The van der Waals surface area contributed by atoms with Crippen molar-refractivity contribution in [2.45, 2.75) is 92.5 Å². The van der Waals surface area contributed by atoms with Crippen LogP contribution in [0.15, 0.2) is 36.4 Å². The van der Waals surface area contributed by atoms with Crippen molar-refractivity contribution in [1.82, 2.24) is 9.88 Å². The fourth-order valence-electron chi connectivity index (χ4n) is 6.72. The molecule has 1 saturated heterocycles. The van der Waals surface area contributed by atoms with E-state index >= 15 is 0 Å². The number of nitrogens with zero attached hydrogens (tertiary/aromatic N) is 3. The molecule has 0 bridgehead atoms. The fraction of sp³-hybridized carbons (Fsp3) is 0.514. The van der Waals surface area contributed by atoms with E-state index in [1.54, 1.807) is 7.11 Å². The van der Waals surface area contributed by atoms with Gasteiger partial charge in [-0.15, -0.1) is 0 Å². The monoisotopic (exact) mass is 633 g/mol. The number of carboxylic acids is 1. The second-order valence-electron chi connectivity index (χ2n) is 14.4. The van der Waals surface area contributed by atoms with E-state index in [4.69, 9.17) is 26.1 Å². The Morgan fingerprint density at radius 2 is 1.76 bits per heavy atom. The molecule has 1 aromatic heterocycles. The molecule has 2 aromatic carbocycles. The SMILES string of the molecule is COc1cc(CN2CCc3cc(-c4c(C)nc(C)c(C(OC(C)(C)C)C(=O)O)c4N4CCC(C)(C)CC4)ccc3C2)ccc1Cl. The summed E-state index contributed by atoms with van der Waals surface area (Å²) in [5, 5.41) is 11.1. The Hall–Kier alpha value is -3.13. The minimum Gasteiger partial charge on any atom is -0.495 e. The maximum atomic E-state index is 12.8. The van der Waals surface area contributed by atoms with Crippen LogP contribution in [0.2, 0.25) is 5.02 Å². The first-order valence-corrected chi connectivity index (χ1v) is 16.4. The highest BCUT2D eigenvalue weighted by atomic mass is 35.5. The molecule has 7 nitrogen and oxygen atoms in total. The van der Waals surface area contributed by atoms with Gasteiger partial charge in [0.1, 0.15) is 5.75 Å². The number of piperidine rings is 1. The second kappa shape index (κ2) is 12.9. The molecule has 0 amide bonds. The number of aliphatic carboxylic acids is 1. The standard InChI is InChI=1S/C37H48ClN3O4/c1-23-31(27-10-11-28-22-40(16-13-26(28)20-27)21-25-9-12-29(38)30(19-25)44-8)33(41-17-14-37(6,7)15-18-41)32(24(2)39-23)34(35(42)43)45-36(3,4)5/h9-12,19-20,34H,13-18,21-22H2,1-8H3,(H,42,43). The Morgan fingerprint density at radius 3 is 2.40 bits per heavy atom. The third-order valence-corrected chi connectivity index (χ3v) is 9.49. The van der Waals surface area contributed by atoms with Gasteiger partial charge >= 0.3 is 5.97 Å². The van der Waals surface area contributed by atoms with E-state index < -0.39 is 17.7 Å². The number of carboxylic acid groups (broad SMARTS) is 1. The second-order valence-corrected chi connectivity index (χ2v) is 14.8. The third kappa shape index (κ3) is 7.48. The minimum absolute atomic E-state index is 0.247. The predicted molar refractivity (Wildman–Crippen MR) is 181 cm³/mol. The molecule has 1 atom stereocenters. The highest BCUT2D eigenvalue weighted by Crippen LogP contribution is 2.45. The summed E-state index contributed by atoms with van der Waals surface area (Å²) < 4.78 is 11.7. The van der Waals surface area contributed by atoms with Crippen molar-refractivity contribution >= 4 is 23.3 Å². The highest BCUT2D eigenvalue weighted by molar-refractivity contribution is 6.32.